The first kappa shape index (κ1) is 13.8. The van der Waals surface area contributed by atoms with Crippen LogP contribution in [0.2, 0.25) is 0 Å². The van der Waals surface area contributed by atoms with Gasteiger partial charge in [0.15, 0.2) is 0 Å². The van der Waals surface area contributed by atoms with Gasteiger partial charge in [-0.1, -0.05) is 0 Å². The van der Waals surface area contributed by atoms with Gasteiger partial charge >= 0.3 is 0 Å². The van der Waals surface area contributed by atoms with E-state index in [1.807, 2.05) is 13.0 Å². The maximum Gasteiger partial charge on any atom is 0.204 e. The molecule has 0 aliphatic heterocycles. The van der Waals surface area contributed by atoms with E-state index in [0.29, 0.717) is 11.3 Å². The van der Waals surface area contributed by atoms with Gasteiger partial charge in [0.25, 0.3) is 0 Å². The number of hydrogen-bond donors (Lipinski definition) is 0. The third-order valence-corrected chi connectivity index (χ3v) is 4.99. The highest BCUT2D eigenvalue weighted by Gasteiger charge is 2.16. The van der Waals surface area contributed by atoms with Gasteiger partial charge in [-0.3, -0.25) is 4.79 Å². The predicted octanol–water partition coefficient (Wildman–Crippen LogP) is 4.82. The Hall–Kier alpha value is -0.650. The van der Waals surface area contributed by atoms with Crippen LogP contribution < -0.4 is 4.74 Å². The molecule has 0 saturated carbocycles. The fourth-order valence-corrected chi connectivity index (χ4v) is 3.90. The zero-order valence-corrected chi connectivity index (χ0v) is 13.8. The number of rotatable bonds is 3. The van der Waals surface area contributed by atoms with E-state index < -0.39 is 0 Å². The Morgan fingerprint density at radius 1 is 1.22 bits per heavy atom. The molecule has 1 heterocycles. The van der Waals surface area contributed by atoms with Gasteiger partial charge in [0.2, 0.25) is 5.78 Å². The van der Waals surface area contributed by atoms with Crippen molar-refractivity contribution < 1.29 is 9.53 Å². The summed E-state index contributed by atoms with van der Waals surface area (Å²) in [5.74, 6) is 0.733. The maximum absolute atomic E-state index is 12.4. The summed E-state index contributed by atoms with van der Waals surface area (Å²) in [6.07, 6.45) is 0. The van der Waals surface area contributed by atoms with Gasteiger partial charge in [-0.2, -0.15) is 0 Å². The second-order valence-electron chi connectivity index (χ2n) is 3.71. The molecule has 0 aliphatic rings. The number of aryl methyl sites for hydroxylation is 1. The summed E-state index contributed by atoms with van der Waals surface area (Å²) >= 11 is 8.29. The summed E-state index contributed by atoms with van der Waals surface area (Å²) in [4.78, 5) is 14.2. The Labute approximate surface area is 126 Å². The Bertz CT molecular complexity index is 605. The van der Waals surface area contributed by atoms with E-state index in [0.717, 1.165) is 18.7 Å². The van der Waals surface area contributed by atoms with Crippen molar-refractivity contribution in [2.75, 3.05) is 7.11 Å². The van der Waals surface area contributed by atoms with Crippen molar-refractivity contribution in [3.63, 3.8) is 0 Å². The number of carbonyl (C=O) groups excluding carboxylic acids is 1. The molecule has 0 amide bonds. The number of ether oxygens (including phenoxy) is 1. The number of halogens is 2. The summed E-state index contributed by atoms with van der Waals surface area (Å²) in [7, 11) is 1.60. The predicted molar refractivity (Wildman–Crippen MR) is 80.9 cm³/mol. The summed E-state index contributed by atoms with van der Waals surface area (Å²) in [6, 6.07) is 7.29. The SMILES string of the molecule is COc1ccc(C(=O)c2sc(C)cc2Br)cc1Br. The largest absolute Gasteiger partial charge is 0.496 e. The van der Waals surface area contributed by atoms with Gasteiger partial charge in [-0.15, -0.1) is 11.3 Å². The van der Waals surface area contributed by atoms with Crippen LogP contribution in [0.1, 0.15) is 20.1 Å². The van der Waals surface area contributed by atoms with Gasteiger partial charge in [-0.05, 0) is 63.0 Å². The topological polar surface area (TPSA) is 26.3 Å². The lowest BCUT2D eigenvalue weighted by Gasteiger charge is -2.05. The molecule has 0 atom stereocenters. The highest BCUT2D eigenvalue weighted by Crippen LogP contribution is 2.31. The molecule has 1 aromatic heterocycles. The number of benzene rings is 1. The quantitative estimate of drug-likeness (QED) is 0.703. The van der Waals surface area contributed by atoms with Crippen LogP contribution in [0.5, 0.6) is 5.75 Å². The first-order valence-electron chi connectivity index (χ1n) is 5.17. The second kappa shape index (κ2) is 5.55. The number of carbonyl (C=O) groups is 1. The van der Waals surface area contributed by atoms with E-state index in [9.17, 15) is 4.79 Å². The van der Waals surface area contributed by atoms with E-state index in [1.54, 1.807) is 25.3 Å². The van der Waals surface area contributed by atoms with Crippen LogP contribution in [-0.4, -0.2) is 12.9 Å². The molecule has 0 aliphatic carbocycles. The Morgan fingerprint density at radius 3 is 2.44 bits per heavy atom. The van der Waals surface area contributed by atoms with Crippen LogP contribution in [-0.2, 0) is 0 Å². The van der Waals surface area contributed by atoms with Crippen molar-refractivity contribution in [1.82, 2.24) is 0 Å². The van der Waals surface area contributed by atoms with E-state index in [2.05, 4.69) is 31.9 Å². The molecule has 0 radical (unpaired) electrons. The molecule has 0 unspecified atom stereocenters. The lowest BCUT2D eigenvalue weighted by Crippen LogP contribution is -1.99. The number of methoxy groups -OCH3 is 1. The molecular weight excluding hydrogens is 380 g/mol. The van der Waals surface area contributed by atoms with Crippen molar-refractivity contribution in [2.45, 2.75) is 6.92 Å². The highest BCUT2D eigenvalue weighted by molar-refractivity contribution is 9.11. The van der Waals surface area contributed by atoms with Crippen LogP contribution in [0.15, 0.2) is 33.2 Å². The Balaban J connectivity index is 2.40. The molecule has 0 saturated heterocycles. The molecule has 18 heavy (non-hydrogen) atoms. The first-order valence-corrected chi connectivity index (χ1v) is 7.57. The molecule has 0 N–H and O–H groups in total. The van der Waals surface area contributed by atoms with Gasteiger partial charge < -0.3 is 4.74 Å². The monoisotopic (exact) mass is 388 g/mol. The molecular formula is C13H10Br2O2S. The first-order chi connectivity index (χ1) is 8.52. The summed E-state index contributed by atoms with van der Waals surface area (Å²) in [5.41, 5.74) is 0.644. The van der Waals surface area contributed by atoms with Crippen LogP contribution in [0, 0.1) is 6.92 Å². The highest BCUT2D eigenvalue weighted by atomic mass is 79.9. The minimum absolute atomic E-state index is 0.0170. The molecule has 2 nitrogen and oxygen atoms in total. The molecule has 5 heteroatoms. The maximum atomic E-state index is 12.4. The molecule has 0 bridgehead atoms. The van der Waals surface area contributed by atoms with Crippen molar-refractivity contribution in [3.8, 4) is 5.75 Å². The Kier molecular flexibility index (Phi) is 4.25. The Morgan fingerprint density at radius 2 is 1.94 bits per heavy atom. The lowest BCUT2D eigenvalue weighted by molar-refractivity contribution is 0.104. The van der Waals surface area contributed by atoms with Crippen LogP contribution in [0.25, 0.3) is 0 Å². The minimum Gasteiger partial charge on any atom is -0.496 e. The van der Waals surface area contributed by atoms with E-state index in [-0.39, 0.29) is 5.78 Å². The van der Waals surface area contributed by atoms with Gasteiger partial charge in [0.1, 0.15) is 5.75 Å². The number of hydrogen-bond acceptors (Lipinski definition) is 3. The number of thiophene rings is 1. The average molecular weight is 390 g/mol. The molecule has 1 aromatic carbocycles. The lowest BCUT2D eigenvalue weighted by atomic mass is 10.1. The van der Waals surface area contributed by atoms with Gasteiger partial charge in [0.05, 0.1) is 16.5 Å². The minimum atomic E-state index is 0.0170. The van der Waals surface area contributed by atoms with Crippen LogP contribution in [0.3, 0.4) is 0 Å². The zero-order valence-electron chi connectivity index (χ0n) is 9.79. The van der Waals surface area contributed by atoms with Crippen molar-refractivity contribution in [1.29, 1.82) is 0 Å². The average Bonchev–Trinajstić information content (AvgIpc) is 2.67. The molecule has 0 fully saturated rings. The summed E-state index contributed by atoms with van der Waals surface area (Å²) < 4.78 is 6.78. The molecule has 94 valence electrons. The normalized spacial score (nSPS) is 10.4. The molecule has 2 aromatic rings. The van der Waals surface area contributed by atoms with Crippen molar-refractivity contribution >= 4 is 49.0 Å². The standard InChI is InChI=1S/C13H10Br2O2S/c1-7-5-10(15)13(18-7)12(16)8-3-4-11(17-2)9(14)6-8/h3-6H,1-2H3. The summed E-state index contributed by atoms with van der Waals surface area (Å²) in [5, 5.41) is 0. The van der Waals surface area contributed by atoms with Crippen LogP contribution in [0.4, 0.5) is 0 Å². The van der Waals surface area contributed by atoms with Crippen molar-refractivity contribution in [3.05, 3.63) is 48.5 Å². The third-order valence-electron chi connectivity index (χ3n) is 2.43. The summed E-state index contributed by atoms with van der Waals surface area (Å²) in [6.45, 7) is 1.98. The fraction of sp³-hybridized carbons (Fsp3) is 0.154. The van der Waals surface area contributed by atoms with Crippen molar-refractivity contribution in [2.24, 2.45) is 0 Å². The van der Waals surface area contributed by atoms with Gasteiger partial charge in [0, 0.05) is 14.9 Å². The van der Waals surface area contributed by atoms with E-state index in [1.165, 1.54) is 11.3 Å². The van der Waals surface area contributed by atoms with Gasteiger partial charge in [-0.25, -0.2) is 0 Å². The third kappa shape index (κ3) is 2.68. The fourth-order valence-electron chi connectivity index (χ4n) is 1.58. The van der Waals surface area contributed by atoms with E-state index >= 15 is 0 Å². The van der Waals surface area contributed by atoms with E-state index in [4.69, 9.17) is 4.74 Å². The second-order valence-corrected chi connectivity index (χ2v) is 6.68. The smallest absolute Gasteiger partial charge is 0.204 e. The zero-order chi connectivity index (χ0) is 13.3. The molecule has 0 spiro atoms. The van der Waals surface area contributed by atoms with Crippen LogP contribution >= 0.6 is 43.2 Å². The number of ketones is 1. The molecule has 2 rings (SSSR count).